The number of benzene rings is 1. The molecule has 0 aliphatic heterocycles. The van der Waals surface area contributed by atoms with E-state index in [9.17, 15) is 9.90 Å². The summed E-state index contributed by atoms with van der Waals surface area (Å²) in [7, 11) is 1.60. The maximum atomic E-state index is 11.6. The number of carbonyl (C=O) groups is 1. The Labute approximate surface area is 147 Å². The van der Waals surface area contributed by atoms with E-state index < -0.39 is 11.7 Å². The minimum atomic E-state index is -0.517. The fourth-order valence-electron chi connectivity index (χ4n) is 2.29. The third kappa shape index (κ3) is 5.49. The largest absolute Gasteiger partial charge is 0.496 e. The molecule has 7 heteroatoms. The standard InChI is InChI=1S/C18H25N3O4/c1-18(2,3)25-17(23)19-7-8-21-11-14(10-20-21)15-9-13(12-22)5-6-16(15)24-4/h5-6,9-11,22H,7-8,12H2,1-4H3,(H,19,23). The van der Waals surface area contributed by atoms with Gasteiger partial charge in [0.2, 0.25) is 0 Å². The van der Waals surface area contributed by atoms with Gasteiger partial charge in [-0.05, 0) is 38.5 Å². The number of methoxy groups -OCH3 is 1. The minimum Gasteiger partial charge on any atom is -0.496 e. The second-order valence-electron chi connectivity index (χ2n) is 6.61. The number of amides is 1. The van der Waals surface area contributed by atoms with Crippen LogP contribution in [0.15, 0.2) is 30.6 Å². The van der Waals surface area contributed by atoms with Gasteiger partial charge in [-0.25, -0.2) is 4.79 Å². The van der Waals surface area contributed by atoms with E-state index in [1.54, 1.807) is 18.0 Å². The van der Waals surface area contributed by atoms with Crippen LogP contribution in [-0.2, 0) is 17.9 Å². The lowest BCUT2D eigenvalue weighted by atomic mass is 10.1. The molecule has 0 saturated carbocycles. The molecule has 1 aromatic heterocycles. The molecule has 136 valence electrons. The van der Waals surface area contributed by atoms with Gasteiger partial charge in [0, 0.05) is 23.9 Å². The van der Waals surface area contributed by atoms with E-state index in [1.807, 2.05) is 45.2 Å². The topological polar surface area (TPSA) is 85.6 Å². The zero-order chi connectivity index (χ0) is 18.4. The SMILES string of the molecule is COc1ccc(CO)cc1-c1cnn(CCNC(=O)OC(C)(C)C)c1. The molecule has 1 amide bonds. The van der Waals surface area contributed by atoms with E-state index in [0.717, 1.165) is 16.7 Å². The van der Waals surface area contributed by atoms with Crippen molar-refractivity contribution < 1.29 is 19.4 Å². The summed E-state index contributed by atoms with van der Waals surface area (Å²) in [5.74, 6) is 0.712. The number of hydrogen-bond acceptors (Lipinski definition) is 5. The lowest BCUT2D eigenvalue weighted by Gasteiger charge is -2.19. The highest BCUT2D eigenvalue weighted by atomic mass is 16.6. The molecule has 1 heterocycles. The summed E-state index contributed by atoms with van der Waals surface area (Å²) in [5.41, 5.74) is 2.02. The Balaban J connectivity index is 2.00. The predicted molar refractivity (Wildman–Crippen MR) is 94.4 cm³/mol. The molecule has 1 aromatic carbocycles. The van der Waals surface area contributed by atoms with E-state index in [2.05, 4.69) is 10.4 Å². The van der Waals surface area contributed by atoms with Gasteiger partial charge in [0.25, 0.3) is 0 Å². The maximum absolute atomic E-state index is 11.6. The first kappa shape index (κ1) is 18.8. The number of rotatable bonds is 6. The molecule has 0 bridgehead atoms. The molecule has 0 aliphatic carbocycles. The Kier molecular flexibility index (Phi) is 6.03. The summed E-state index contributed by atoms with van der Waals surface area (Å²) in [6.45, 7) is 6.34. The quantitative estimate of drug-likeness (QED) is 0.839. The van der Waals surface area contributed by atoms with Gasteiger partial charge >= 0.3 is 6.09 Å². The van der Waals surface area contributed by atoms with Gasteiger partial charge in [0.1, 0.15) is 11.4 Å². The van der Waals surface area contributed by atoms with Crippen molar-refractivity contribution in [3.8, 4) is 16.9 Å². The van der Waals surface area contributed by atoms with Crippen LogP contribution in [0, 0.1) is 0 Å². The Morgan fingerprint density at radius 2 is 2.12 bits per heavy atom. The first-order chi connectivity index (χ1) is 11.8. The maximum Gasteiger partial charge on any atom is 0.407 e. The fraction of sp³-hybridized carbons (Fsp3) is 0.444. The van der Waals surface area contributed by atoms with Crippen LogP contribution in [0.4, 0.5) is 4.79 Å². The second-order valence-corrected chi connectivity index (χ2v) is 6.61. The third-order valence-corrected chi connectivity index (χ3v) is 3.40. The van der Waals surface area contributed by atoms with Crippen LogP contribution in [0.2, 0.25) is 0 Å². The van der Waals surface area contributed by atoms with Crippen molar-refractivity contribution in [2.24, 2.45) is 0 Å². The summed E-state index contributed by atoms with van der Waals surface area (Å²) in [5, 5.41) is 16.3. The molecule has 2 aromatic rings. The van der Waals surface area contributed by atoms with Crippen molar-refractivity contribution in [3.63, 3.8) is 0 Å². The number of carbonyl (C=O) groups excluding carboxylic acids is 1. The average molecular weight is 347 g/mol. The molecule has 0 spiro atoms. The Bertz CT molecular complexity index is 719. The van der Waals surface area contributed by atoms with Gasteiger partial charge in [-0.15, -0.1) is 0 Å². The number of ether oxygens (including phenoxy) is 2. The summed E-state index contributed by atoms with van der Waals surface area (Å²) < 4.78 is 12.3. The Morgan fingerprint density at radius 1 is 1.36 bits per heavy atom. The van der Waals surface area contributed by atoms with E-state index in [1.165, 1.54) is 0 Å². The molecule has 0 fully saturated rings. The summed E-state index contributed by atoms with van der Waals surface area (Å²) >= 11 is 0. The highest BCUT2D eigenvalue weighted by Gasteiger charge is 2.15. The third-order valence-electron chi connectivity index (χ3n) is 3.40. The second kappa shape index (κ2) is 8.02. The molecule has 2 N–H and O–H groups in total. The van der Waals surface area contributed by atoms with Crippen LogP contribution in [0.3, 0.4) is 0 Å². The van der Waals surface area contributed by atoms with Gasteiger partial charge in [0.15, 0.2) is 0 Å². The lowest BCUT2D eigenvalue weighted by Crippen LogP contribution is -2.34. The van der Waals surface area contributed by atoms with E-state index >= 15 is 0 Å². The normalized spacial score (nSPS) is 11.2. The van der Waals surface area contributed by atoms with Crippen molar-refractivity contribution in [1.29, 1.82) is 0 Å². The van der Waals surface area contributed by atoms with E-state index in [-0.39, 0.29) is 6.61 Å². The van der Waals surface area contributed by atoms with Gasteiger partial charge in [-0.1, -0.05) is 6.07 Å². The molecule has 0 saturated heterocycles. The fourth-order valence-corrected chi connectivity index (χ4v) is 2.29. The predicted octanol–water partition coefficient (Wildman–Crippen LogP) is 2.58. The van der Waals surface area contributed by atoms with Crippen LogP contribution in [-0.4, -0.2) is 40.2 Å². The zero-order valence-electron chi connectivity index (χ0n) is 15.1. The first-order valence-corrected chi connectivity index (χ1v) is 8.10. The van der Waals surface area contributed by atoms with Gasteiger partial charge < -0.3 is 19.9 Å². The summed E-state index contributed by atoms with van der Waals surface area (Å²) in [6, 6.07) is 5.51. The van der Waals surface area contributed by atoms with Crippen molar-refractivity contribution in [2.75, 3.05) is 13.7 Å². The number of aliphatic hydroxyl groups is 1. The number of aliphatic hydroxyl groups excluding tert-OH is 1. The van der Waals surface area contributed by atoms with Gasteiger partial charge in [-0.3, -0.25) is 4.68 Å². The molecule has 0 atom stereocenters. The van der Waals surface area contributed by atoms with Gasteiger partial charge in [-0.2, -0.15) is 5.10 Å². The average Bonchev–Trinajstić information content (AvgIpc) is 3.01. The highest BCUT2D eigenvalue weighted by molar-refractivity contribution is 5.70. The van der Waals surface area contributed by atoms with Crippen molar-refractivity contribution in [3.05, 3.63) is 36.2 Å². The molecule has 0 unspecified atom stereocenters. The van der Waals surface area contributed by atoms with Crippen LogP contribution in [0.1, 0.15) is 26.3 Å². The number of nitrogens with one attached hydrogen (secondary N) is 1. The van der Waals surface area contributed by atoms with Crippen LogP contribution in [0.25, 0.3) is 11.1 Å². The first-order valence-electron chi connectivity index (χ1n) is 8.10. The van der Waals surface area contributed by atoms with Crippen molar-refractivity contribution in [1.82, 2.24) is 15.1 Å². The highest BCUT2D eigenvalue weighted by Crippen LogP contribution is 2.30. The number of hydrogen-bond donors (Lipinski definition) is 2. The Morgan fingerprint density at radius 3 is 2.76 bits per heavy atom. The van der Waals surface area contributed by atoms with E-state index in [4.69, 9.17) is 9.47 Å². The molecule has 2 rings (SSSR count). The number of nitrogens with zero attached hydrogens (tertiary/aromatic N) is 2. The van der Waals surface area contributed by atoms with Crippen molar-refractivity contribution in [2.45, 2.75) is 39.5 Å². The van der Waals surface area contributed by atoms with Gasteiger partial charge in [0.05, 0.1) is 26.5 Å². The number of aromatic nitrogens is 2. The Hall–Kier alpha value is -2.54. The smallest absolute Gasteiger partial charge is 0.407 e. The van der Waals surface area contributed by atoms with E-state index in [0.29, 0.717) is 18.8 Å². The molecule has 0 aliphatic rings. The minimum absolute atomic E-state index is 0.0368. The number of alkyl carbamates (subject to hydrolysis) is 1. The molecule has 0 radical (unpaired) electrons. The summed E-state index contributed by atoms with van der Waals surface area (Å²) in [4.78, 5) is 11.6. The molecular weight excluding hydrogens is 322 g/mol. The lowest BCUT2D eigenvalue weighted by molar-refractivity contribution is 0.0525. The zero-order valence-corrected chi connectivity index (χ0v) is 15.1. The molecular formula is C18H25N3O4. The molecule has 25 heavy (non-hydrogen) atoms. The van der Waals surface area contributed by atoms with Crippen molar-refractivity contribution >= 4 is 6.09 Å². The van der Waals surface area contributed by atoms with Crippen LogP contribution < -0.4 is 10.1 Å². The summed E-state index contributed by atoms with van der Waals surface area (Å²) in [6.07, 6.45) is 3.15. The van der Waals surface area contributed by atoms with Crippen LogP contribution in [0.5, 0.6) is 5.75 Å². The monoisotopic (exact) mass is 347 g/mol. The molecule has 7 nitrogen and oxygen atoms in total. The van der Waals surface area contributed by atoms with Crippen LogP contribution >= 0.6 is 0 Å².